The lowest BCUT2D eigenvalue weighted by Crippen LogP contribution is -2.51. The number of piperidine rings is 1. The van der Waals surface area contributed by atoms with Gasteiger partial charge < -0.3 is 9.72 Å². The number of carbonyl (C=O) groups is 2. The van der Waals surface area contributed by atoms with E-state index >= 15 is 0 Å². The molecule has 1 saturated heterocycles. The van der Waals surface area contributed by atoms with Crippen LogP contribution < -0.4 is 4.74 Å². The number of aromatic amines is 1. The number of aryl methyl sites for hydroxylation is 2. The van der Waals surface area contributed by atoms with E-state index in [-0.39, 0.29) is 11.6 Å². The van der Waals surface area contributed by atoms with Crippen molar-refractivity contribution in [3.63, 3.8) is 0 Å². The zero-order valence-electron chi connectivity index (χ0n) is 17.5. The van der Waals surface area contributed by atoms with Gasteiger partial charge in [-0.3, -0.25) is 14.5 Å². The number of carbonyl (C=O) groups excluding carboxylic acids is 2. The van der Waals surface area contributed by atoms with Gasteiger partial charge in [0.2, 0.25) is 0 Å². The Kier molecular flexibility index (Phi) is 4.51. The van der Waals surface area contributed by atoms with Gasteiger partial charge in [-0.15, -0.1) is 0 Å². The fourth-order valence-corrected chi connectivity index (χ4v) is 4.76. The molecule has 1 fully saturated rings. The Morgan fingerprint density at radius 3 is 2.63 bits per heavy atom. The van der Waals surface area contributed by atoms with Crippen LogP contribution in [-0.2, 0) is 0 Å². The summed E-state index contributed by atoms with van der Waals surface area (Å²) in [5.74, 6) is 0.999. The zero-order valence-corrected chi connectivity index (χ0v) is 17.5. The number of nitrogens with zero attached hydrogens (tertiary/aromatic N) is 1. The molecule has 0 amide bonds. The van der Waals surface area contributed by atoms with Gasteiger partial charge in [0.1, 0.15) is 11.4 Å². The Balaban J connectivity index is 1.27. The maximum atomic E-state index is 13.0. The molecule has 2 aromatic carbocycles. The SMILES string of the molecule is Cc1ccc2c(c1)C(=O)CC1(CCN(CC(=O)c3c[nH]c4ccc(C)cc34)CC1)O2. The van der Waals surface area contributed by atoms with E-state index in [9.17, 15) is 9.59 Å². The number of Topliss-reactive ketones (excluding diaryl/α,β-unsaturated/α-hetero) is 2. The molecule has 1 spiro atoms. The fourth-order valence-electron chi connectivity index (χ4n) is 4.76. The van der Waals surface area contributed by atoms with Crippen molar-refractivity contribution in [1.82, 2.24) is 9.88 Å². The van der Waals surface area contributed by atoms with E-state index in [1.807, 2.05) is 50.4 Å². The molecule has 1 N–H and O–H groups in total. The minimum atomic E-state index is -0.434. The van der Waals surface area contributed by atoms with E-state index in [0.29, 0.717) is 24.3 Å². The molecule has 3 heterocycles. The van der Waals surface area contributed by atoms with Crippen LogP contribution in [0.1, 0.15) is 51.1 Å². The molecule has 5 heteroatoms. The van der Waals surface area contributed by atoms with E-state index in [0.717, 1.165) is 53.5 Å². The van der Waals surface area contributed by atoms with E-state index in [1.54, 1.807) is 0 Å². The highest BCUT2D eigenvalue weighted by atomic mass is 16.5. The number of benzene rings is 2. The molecular weight excluding hydrogens is 376 g/mol. The molecule has 0 aliphatic carbocycles. The van der Waals surface area contributed by atoms with Gasteiger partial charge in [0.25, 0.3) is 0 Å². The van der Waals surface area contributed by atoms with Crippen molar-refractivity contribution in [2.45, 2.75) is 38.7 Å². The van der Waals surface area contributed by atoms with Gasteiger partial charge in [0, 0.05) is 48.6 Å². The second-order valence-electron chi connectivity index (χ2n) is 8.84. The van der Waals surface area contributed by atoms with E-state index in [2.05, 4.69) is 16.0 Å². The first-order valence-corrected chi connectivity index (χ1v) is 10.6. The summed E-state index contributed by atoms with van der Waals surface area (Å²) < 4.78 is 6.34. The first-order chi connectivity index (χ1) is 14.4. The minimum absolute atomic E-state index is 0.129. The zero-order chi connectivity index (χ0) is 20.9. The number of rotatable bonds is 3. The van der Waals surface area contributed by atoms with E-state index < -0.39 is 5.60 Å². The molecule has 154 valence electrons. The first kappa shape index (κ1) is 19.1. The third-order valence-corrected chi connectivity index (χ3v) is 6.52. The van der Waals surface area contributed by atoms with Gasteiger partial charge in [-0.05, 0) is 38.1 Å². The van der Waals surface area contributed by atoms with Crippen molar-refractivity contribution in [3.8, 4) is 5.75 Å². The molecule has 0 atom stereocenters. The van der Waals surface area contributed by atoms with Crippen LogP contribution in [0.15, 0.2) is 42.6 Å². The first-order valence-electron chi connectivity index (χ1n) is 10.6. The summed E-state index contributed by atoms with van der Waals surface area (Å²) in [7, 11) is 0. The highest BCUT2D eigenvalue weighted by Gasteiger charge is 2.43. The largest absolute Gasteiger partial charge is 0.486 e. The van der Waals surface area contributed by atoms with Crippen molar-refractivity contribution in [3.05, 3.63) is 64.8 Å². The fraction of sp³-hybridized carbons (Fsp3) is 0.360. The molecule has 2 aliphatic rings. The second kappa shape index (κ2) is 7.10. The average molecular weight is 402 g/mol. The number of likely N-dealkylation sites (tertiary alicyclic amines) is 1. The van der Waals surface area contributed by atoms with Gasteiger partial charge in [0.05, 0.1) is 18.5 Å². The lowest BCUT2D eigenvalue weighted by Gasteiger charge is -2.43. The van der Waals surface area contributed by atoms with Crippen LogP contribution in [0.3, 0.4) is 0 Å². The van der Waals surface area contributed by atoms with Gasteiger partial charge >= 0.3 is 0 Å². The third kappa shape index (κ3) is 3.33. The van der Waals surface area contributed by atoms with Crippen LogP contribution in [0.2, 0.25) is 0 Å². The van der Waals surface area contributed by atoms with Crippen LogP contribution in [0.25, 0.3) is 10.9 Å². The van der Waals surface area contributed by atoms with Crippen LogP contribution >= 0.6 is 0 Å². The topological polar surface area (TPSA) is 62.4 Å². The van der Waals surface area contributed by atoms with Crippen molar-refractivity contribution in [2.75, 3.05) is 19.6 Å². The Hall–Kier alpha value is -2.92. The number of H-pyrrole nitrogens is 1. The molecule has 5 rings (SSSR count). The summed E-state index contributed by atoms with van der Waals surface area (Å²) in [4.78, 5) is 31.1. The quantitative estimate of drug-likeness (QED) is 0.657. The molecule has 2 aliphatic heterocycles. The van der Waals surface area contributed by atoms with Crippen molar-refractivity contribution < 1.29 is 14.3 Å². The lowest BCUT2D eigenvalue weighted by molar-refractivity contribution is -0.00802. The molecule has 0 bridgehead atoms. The summed E-state index contributed by atoms with van der Waals surface area (Å²) in [6, 6.07) is 11.9. The standard InChI is InChI=1S/C25H26N2O3/c1-16-3-5-21-18(11-16)20(14-26-21)23(29)15-27-9-7-25(8-10-27)13-22(28)19-12-17(2)4-6-24(19)30-25/h3-6,11-12,14,26H,7-10,13,15H2,1-2H3. The molecule has 0 radical (unpaired) electrons. The number of fused-ring (bicyclic) bond motifs is 2. The monoisotopic (exact) mass is 402 g/mol. The van der Waals surface area contributed by atoms with Crippen molar-refractivity contribution >= 4 is 22.5 Å². The second-order valence-corrected chi connectivity index (χ2v) is 8.84. The van der Waals surface area contributed by atoms with Crippen LogP contribution in [0.5, 0.6) is 5.75 Å². The molecule has 5 nitrogen and oxygen atoms in total. The average Bonchev–Trinajstić information content (AvgIpc) is 3.14. The number of nitrogens with one attached hydrogen (secondary N) is 1. The summed E-state index contributed by atoms with van der Waals surface area (Å²) in [6.45, 7) is 5.92. The minimum Gasteiger partial charge on any atom is -0.486 e. The third-order valence-electron chi connectivity index (χ3n) is 6.52. The van der Waals surface area contributed by atoms with Crippen LogP contribution in [0.4, 0.5) is 0 Å². The maximum Gasteiger partial charge on any atom is 0.178 e. The number of ether oxygens (including phenoxy) is 1. The molecular formula is C25H26N2O3. The van der Waals surface area contributed by atoms with Gasteiger partial charge in [-0.2, -0.15) is 0 Å². The Morgan fingerprint density at radius 2 is 1.83 bits per heavy atom. The van der Waals surface area contributed by atoms with E-state index in [1.165, 1.54) is 0 Å². The van der Waals surface area contributed by atoms with Crippen LogP contribution in [0, 0.1) is 13.8 Å². The Bertz CT molecular complexity index is 1150. The van der Waals surface area contributed by atoms with E-state index in [4.69, 9.17) is 4.74 Å². The number of aromatic nitrogens is 1. The summed E-state index contributed by atoms with van der Waals surface area (Å²) in [5.41, 5.74) is 4.23. The number of ketones is 2. The highest BCUT2D eigenvalue weighted by molar-refractivity contribution is 6.09. The predicted molar refractivity (Wildman–Crippen MR) is 117 cm³/mol. The molecule has 1 aromatic heterocycles. The summed E-state index contributed by atoms with van der Waals surface area (Å²) in [6.07, 6.45) is 3.76. The molecule has 0 saturated carbocycles. The summed E-state index contributed by atoms with van der Waals surface area (Å²) >= 11 is 0. The highest BCUT2D eigenvalue weighted by Crippen LogP contribution is 2.39. The van der Waals surface area contributed by atoms with Crippen molar-refractivity contribution in [2.24, 2.45) is 0 Å². The maximum absolute atomic E-state index is 13.0. The number of hydrogen-bond donors (Lipinski definition) is 1. The Labute approximate surface area is 176 Å². The lowest BCUT2D eigenvalue weighted by atomic mass is 9.82. The predicted octanol–water partition coefficient (Wildman–Crippen LogP) is 4.47. The van der Waals surface area contributed by atoms with Gasteiger partial charge in [-0.25, -0.2) is 0 Å². The molecule has 30 heavy (non-hydrogen) atoms. The molecule has 0 unspecified atom stereocenters. The summed E-state index contributed by atoms with van der Waals surface area (Å²) in [5, 5.41) is 0.988. The van der Waals surface area contributed by atoms with Gasteiger partial charge in [-0.1, -0.05) is 23.3 Å². The van der Waals surface area contributed by atoms with Gasteiger partial charge in [0.15, 0.2) is 11.6 Å². The normalized spacial score (nSPS) is 18.4. The smallest absolute Gasteiger partial charge is 0.178 e. The Morgan fingerprint density at radius 1 is 1.10 bits per heavy atom. The van der Waals surface area contributed by atoms with Crippen LogP contribution in [-0.4, -0.2) is 46.7 Å². The molecule has 3 aromatic rings. The van der Waals surface area contributed by atoms with Crippen molar-refractivity contribution in [1.29, 1.82) is 0 Å². The number of hydrogen-bond acceptors (Lipinski definition) is 4.